The number of carbonyl (C=O) groups is 1. The molecule has 16 heavy (non-hydrogen) atoms. The molecule has 1 rings (SSSR count). The van der Waals surface area contributed by atoms with Crippen molar-refractivity contribution in [1.29, 1.82) is 0 Å². The number of rotatable bonds is 6. The number of sulfonamides is 1. The van der Waals surface area contributed by atoms with Gasteiger partial charge in [0, 0.05) is 6.54 Å². The van der Waals surface area contributed by atoms with Crippen molar-refractivity contribution in [1.82, 2.24) is 4.31 Å². The SMILES string of the molecule is C=CCN(CC(=O)O)S(=O)(=O)c1cccs1. The first-order chi connectivity index (χ1) is 7.48. The van der Waals surface area contributed by atoms with Gasteiger partial charge in [-0.3, -0.25) is 4.79 Å². The molecular weight excluding hydrogens is 250 g/mol. The van der Waals surface area contributed by atoms with E-state index in [9.17, 15) is 13.2 Å². The van der Waals surface area contributed by atoms with Gasteiger partial charge in [0.2, 0.25) is 0 Å². The lowest BCUT2D eigenvalue weighted by molar-refractivity contribution is -0.137. The molecule has 0 saturated carbocycles. The molecule has 0 amide bonds. The van der Waals surface area contributed by atoms with Gasteiger partial charge in [0.05, 0.1) is 0 Å². The van der Waals surface area contributed by atoms with Crippen molar-refractivity contribution in [3.8, 4) is 0 Å². The van der Waals surface area contributed by atoms with Crippen LogP contribution in [0.4, 0.5) is 0 Å². The summed E-state index contributed by atoms with van der Waals surface area (Å²) in [6, 6.07) is 3.04. The first kappa shape index (κ1) is 12.9. The lowest BCUT2D eigenvalue weighted by Gasteiger charge is -2.17. The van der Waals surface area contributed by atoms with Crippen LogP contribution >= 0.6 is 11.3 Å². The molecule has 0 aliphatic rings. The van der Waals surface area contributed by atoms with Gasteiger partial charge < -0.3 is 5.11 Å². The second-order valence-electron chi connectivity index (χ2n) is 2.91. The van der Waals surface area contributed by atoms with E-state index in [1.165, 1.54) is 12.1 Å². The van der Waals surface area contributed by atoms with Crippen molar-refractivity contribution < 1.29 is 18.3 Å². The maximum absolute atomic E-state index is 11.9. The van der Waals surface area contributed by atoms with E-state index in [0.717, 1.165) is 15.6 Å². The molecule has 0 aliphatic heterocycles. The van der Waals surface area contributed by atoms with E-state index in [2.05, 4.69) is 6.58 Å². The highest BCUT2D eigenvalue weighted by Crippen LogP contribution is 2.20. The summed E-state index contributed by atoms with van der Waals surface area (Å²) in [5.74, 6) is -1.19. The molecule has 1 aromatic heterocycles. The number of hydrogen-bond donors (Lipinski definition) is 1. The molecule has 1 heterocycles. The Kier molecular flexibility index (Phi) is 4.22. The monoisotopic (exact) mass is 261 g/mol. The zero-order chi connectivity index (χ0) is 12.2. The summed E-state index contributed by atoms with van der Waals surface area (Å²) in [7, 11) is -3.72. The number of aliphatic carboxylic acids is 1. The highest BCUT2D eigenvalue weighted by Gasteiger charge is 2.26. The van der Waals surface area contributed by atoms with Crippen LogP contribution in [0.5, 0.6) is 0 Å². The van der Waals surface area contributed by atoms with Gasteiger partial charge in [0.15, 0.2) is 0 Å². The third kappa shape index (κ3) is 2.91. The Morgan fingerprint density at radius 2 is 2.31 bits per heavy atom. The largest absolute Gasteiger partial charge is 0.480 e. The summed E-state index contributed by atoms with van der Waals surface area (Å²) >= 11 is 1.05. The van der Waals surface area contributed by atoms with Crippen molar-refractivity contribution in [2.75, 3.05) is 13.1 Å². The number of thiophene rings is 1. The molecule has 0 unspecified atom stereocenters. The first-order valence-corrected chi connectivity index (χ1v) is 6.67. The van der Waals surface area contributed by atoms with Crippen LogP contribution in [0.1, 0.15) is 0 Å². The Bertz CT molecular complexity index is 464. The third-order valence-electron chi connectivity index (χ3n) is 1.73. The van der Waals surface area contributed by atoms with Crippen molar-refractivity contribution in [3.63, 3.8) is 0 Å². The zero-order valence-electron chi connectivity index (χ0n) is 8.37. The Hall–Kier alpha value is -1.18. The van der Waals surface area contributed by atoms with E-state index in [4.69, 9.17) is 5.11 Å². The number of nitrogens with zero attached hydrogens (tertiary/aromatic N) is 1. The fourth-order valence-corrected chi connectivity index (χ4v) is 3.58. The molecule has 7 heteroatoms. The minimum Gasteiger partial charge on any atom is -0.480 e. The Morgan fingerprint density at radius 3 is 2.75 bits per heavy atom. The maximum atomic E-state index is 11.9. The van der Waals surface area contributed by atoms with Gasteiger partial charge in [-0.15, -0.1) is 17.9 Å². The topological polar surface area (TPSA) is 74.7 Å². The highest BCUT2D eigenvalue weighted by atomic mass is 32.2. The van der Waals surface area contributed by atoms with Crippen LogP contribution < -0.4 is 0 Å². The first-order valence-electron chi connectivity index (χ1n) is 4.35. The van der Waals surface area contributed by atoms with Crippen LogP contribution in [0.3, 0.4) is 0 Å². The predicted octanol–water partition coefficient (Wildman–Crippen LogP) is 1.01. The Morgan fingerprint density at radius 1 is 1.62 bits per heavy atom. The van der Waals surface area contributed by atoms with Gasteiger partial charge in [0.1, 0.15) is 10.8 Å². The van der Waals surface area contributed by atoms with Crippen molar-refractivity contribution in [2.45, 2.75) is 4.21 Å². The predicted molar refractivity (Wildman–Crippen MR) is 60.9 cm³/mol. The molecule has 0 radical (unpaired) electrons. The zero-order valence-corrected chi connectivity index (χ0v) is 10.00. The molecule has 1 aromatic rings. The molecular formula is C9H11NO4S2. The van der Waals surface area contributed by atoms with Crippen LogP contribution in [0, 0.1) is 0 Å². The average Bonchev–Trinajstić information content (AvgIpc) is 2.69. The van der Waals surface area contributed by atoms with Crippen molar-refractivity contribution in [3.05, 3.63) is 30.2 Å². The van der Waals surface area contributed by atoms with Gasteiger partial charge in [-0.25, -0.2) is 8.42 Å². The van der Waals surface area contributed by atoms with Crippen LogP contribution in [0.2, 0.25) is 0 Å². The van der Waals surface area contributed by atoms with Gasteiger partial charge in [-0.2, -0.15) is 4.31 Å². The van der Waals surface area contributed by atoms with Crippen LogP contribution in [0.15, 0.2) is 34.4 Å². The molecule has 5 nitrogen and oxygen atoms in total. The van der Waals surface area contributed by atoms with E-state index < -0.39 is 22.5 Å². The molecule has 0 fully saturated rings. The van der Waals surface area contributed by atoms with E-state index >= 15 is 0 Å². The van der Waals surface area contributed by atoms with Gasteiger partial charge in [-0.1, -0.05) is 12.1 Å². The molecule has 0 atom stereocenters. The average molecular weight is 261 g/mol. The van der Waals surface area contributed by atoms with Crippen molar-refractivity contribution in [2.24, 2.45) is 0 Å². The van der Waals surface area contributed by atoms with Crippen LogP contribution in [0.25, 0.3) is 0 Å². The van der Waals surface area contributed by atoms with E-state index in [0.29, 0.717) is 0 Å². The quantitative estimate of drug-likeness (QED) is 0.775. The summed E-state index contributed by atoms with van der Waals surface area (Å²) in [4.78, 5) is 10.6. The van der Waals surface area contributed by atoms with E-state index in [1.807, 2.05) is 0 Å². The molecule has 1 N–H and O–H groups in total. The van der Waals surface area contributed by atoms with Crippen LogP contribution in [-0.2, 0) is 14.8 Å². The summed E-state index contributed by atoms with van der Waals surface area (Å²) < 4.78 is 24.9. The highest BCUT2D eigenvalue weighted by molar-refractivity contribution is 7.91. The lowest BCUT2D eigenvalue weighted by atomic mass is 10.6. The standard InChI is InChI=1S/C9H11NO4S2/c1-2-5-10(7-8(11)12)16(13,14)9-4-3-6-15-9/h2-4,6H,1,5,7H2,(H,11,12). The molecule has 0 saturated heterocycles. The summed E-state index contributed by atoms with van der Waals surface area (Å²) in [5, 5.41) is 10.3. The summed E-state index contributed by atoms with van der Waals surface area (Å²) in [6.45, 7) is 2.82. The van der Waals surface area contributed by atoms with E-state index in [-0.39, 0.29) is 10.8 Å². The lowest BCUT2D eigenvalue weighted by Crippen LogP contribution is -2.35. The summed E-state index contributed by atoms with van der Waals surface area (Å²) in [5.41, 5.74) is 0. The fourth-order valence-electron chi connectivity index (χ4n) is 1.08. The minimum atomic E-state index is -3.72. The third-order valence-corrected chi connectivity index (χ3v) is 4.92. The molecule has 0 aromatic carbocycles. The maximum Gasteiger partial charge on any atom is 0.318 e. The molecule has 0 aliphatic carbocycles. The van der Waals surface area contributed by atoms with Gasteiger partial charge in [-0.05, 0) is 11.4 Å². The second kappa shape index (κ2) is 5.24. The second-order valence-corrected chi connectivity index (χ2v) is 6.02. The normalized spacial score (nSPS) is 11.6. The van der Waals surface area contributed by atoms with Gasteiger partial charge >= 0.3 is 5.97 Å². The molecule has 0 spiro atoms. The Balaban J connectivity index is 3.02. The number of carboxylic acids is 1. The van der Waals surface area contributed by atoms with Crippen LogP contribution in [-0.4, -0.2) is 36.9 Å². The smallest absolute Gasteiger partial charge is 0.318 e. The minimum absolute atomic E-state index is 0.0213. The molecule has 0 bridgehead atoms. The Labute approximate surface area is 97.7 Å². The fraction of sp³-hybridized carbons (Fsp3) is 0.222. The van der Waals surface area contributed by atoms with Crippen molar-refractivity contribution >= 4 is 27.3 Å². The number of hydrogen-bond acceptors (Lipinski definition) is 4. The number of carboxylic acid groups (broad SMARTS) is 1. The molecule has 88 valence electrons. The van der Waals surface area contributed by atoms with Gasteiger partial charge in [0.25, 0.3) is 10.0 Å². The van der Waals surface area contributed by atoms with E-state index in [1.54, 1.807) is 11.4 Å². The summed E-state index contributed by atoms with van der Waals surface area (Å²) in [6.07, 6.45) is 1.36.